The lowest BCUT2D eigenvalue weighted by molar-refractivity contribution is -0.114. The van der Waals surface area contributed by atoms with Crippen molar-refractivity contribution in [3.63, 3.8) is 0 Å². The van der Waals surface area contributed by atoms with Crippen LogP contribution < -0.4 is 4.90 Å². The van der Waals surface area contributed by atoms with E-state index in [0.29, 0.717) is 17.7 Å². The second-order valence-corrected chi connectivity index (χ2v) is 7.94. The lowest BCUT2D eigenvalue weighted by Crippen LogP contribution is -2.39. The maximum atomic E-state index is 12.6. The summed E-state index contributed by atoms with van der Waals surface area (Å²) in [5.74, 6) is -0.814. The lowest BCUT2D eigenvalue weighted by atomic mass is 10.0. The predicted molar refractivity (Wildman–Crippen MR) is 111 cm³/mol. The zero-order valence-electron chi connectivity index (χ0n) is 15.4. The molecule has 29 heavy (non-hydrogen) atoms. The van der Waals surface area contributed by atoms with Crippen LogP contribution in [0.5, 0.6) is 5.75 Å². The Bertz CT molecular complexity index is 1120. The van der Waals surface area contributed by atoms with Gasteiger partial charge in [-0.2, -0.15) is 5.10 Å². The van der Waals surface area contributed by atoms with Crippen LogP contribution in [0, 0.1) is 0 Å². The summed E-state index contributed by atoms with van der Waals surface area (Å²) in [5.41, 5.74) is 2.99. The van der Waals surface area contributed by atoms with E-state index in [-0.39, 0.29) is 18.5 Å². The van der Waals surface area contributed by atoms with Gasteiger partial charge in [-0.25, -0.2) is 0 Å². The van der Waals surface area contributed by atoms with Crippen LogP contribution in [0.15, 0.2) is 71.1 Å². The number of amides is 1. The Morgan fingerprint density at radius 2 is 1.83 bits per heavy atom. The summed E-state index contributed by atoms with van der Waals surface area (Å²) in [7, 11) is 0. The van der Waals surface area contributed by atoms with Crippen molar-refractivity contribution in [3.8, 4) is 5.75 Å². The highest BCUT2D eigenvalue weighted by Gasteiger charge is 2.39. The van der Waals surface area contributed by atoms with E-state index in [1.54, 1.807) is 41.7 Å². The Labute approximate surface area is 171 Å². The van der Waals surface area contributed by atoms with Crippen molar-refractivity contribution in [2.24, 2.45) is 5.10 Å². The predicted octanol–water partition coefficient (Wildman–Crippen LogP) is 3.79. The maximum Gasteiger partial charge on any atom is 0.301 e. The summed E-state index contributed by atoms with van der Waals surface area (Å²) < 4.78 is 0. The fourth-order valence-corrected chi connectivity index (χ4v) is 4.52. The molecule has 1 atom stereocenters. The zero-order valence-corrected chi connectivity index (χ0v) is 16.2. The average Bonchev–Trinajstić information content (AvgIpc) is 3.45. The summed E-state index contributed by atoms with van der Waals surface area (Å²) in [5, 5.41) is 18.3. The van der Waals surface area contributed by atoms with E-state index >= 15 is 0 Å². The van der Waals surface area contributed by atoms with Crippen LogP contribution in [-0.2, 0) is 4.79 Å². The standard InChI is InChI=1S/C22H17N3O3S/c26-15-9-7-14(8-10-15)19-12-17(20-6-3-11-29-20)23-25(19)13-24-18-5-2-1-4-16(18)21(27)22(24)28/h1-11,19,26H,12-13H2/t19-/m1/s1. The lowest BCUT2D eigenvalue weighted by Gasteiger charge is -2.28. The van der Waals surface area contributed by atoms with Gasteiger partial charge >= 0.3 is 5.91 Å². The number of phenols is 1. The van der Waals surface area contributed by atoms with Crippen molar-refractivity contribution in [1.29, 1.82) is 0 Å². The molecule has 0 saturated heterocycles. The minimum Gasteiger partial charge on any atom is -0.508 e. The molecule has 1 N–H and O–H groups in total. The number of aromatic hydroxyl groups is 1. The quantitative estimate of drug-likeness (QED) is 0.673. The van der Waals surface area contributed by atoms with Gasteiger partial charge in [0.05, 0.1) is 27.9 Å². The molecule has 1 amide bonds. The first kappa shape index (κ1) is 17.6. The van der Waals surface area contributed by atoms with Crippen LogP contribution >= 0.6 is 11.3 Å². The number of ketones is 1. The van der Waals surface area contributed by atoms with Crippen LogP contribution in [0.3, 0.4) is 0 Å². The fraction of sp³-hybridized carbons (Fsp3) is 0.136. The number of hydrazone groups is 1. The van der Waals surface area contributed by atoms with Crippen LogP contribution in [-0.4, -0.2) is 34.2 Å². The van der Waals surface area contributed by atoms with E-state index in [4.69, 9.17) is 5.10 Å². The monoisotopic (exact) mass is 403 g/mol. The number of fused-ring (bicyclic) bond motifs is 1. The topological polar surface area (TPSA) is 73.2 Å². The average molecular weight is 403 g/mol. The molecule has 144 valence electrons. The minimum atomic E-state index is -0.532. The van der Waals surface area contributed by atoms with Gasteiger partial charge in [0.25, 0.3) is 5.78 Å². The molecule has 2 aromatic carbocycles. The van der Waals surface area contributed by atoms with E-state index < -0.39 is 11.7 Å². The number of anilines is 1. The van der Waals surface area contributed by atoms with Gasteiger partial charge in [0.15, 0.2) is 0 Å². The number of hydrogen-bond acceptors (Lipinski definition) is 6. The molecule has 7 heteroatoms. The molecule has 0 saturated carbocycles. The highest BCUT2D eigenvalue weighted by Crippen LogP contribution is 2.36. The third-order valence-electron chi connectivity index (χ3n) is 5.24. The largest absolute Gasteiger partial charge is 0.508 e. The van der Waals surface area contributed by atoms with Gasteiger partial charge in [0.2, 0.25) is 0 Å². The van der Waals surface area contributed by atoms with Gasteiger partial charge in [0, 0.05) is 6.42 Å². The summed E-state index contributed by atoms with van der Waals surface area (Å²) in [6.07, 6.45) is 0.683. The third-order valence-corrected chi connectivity index (χ3v) is 6.16. The number of rotatable bonds is 4. The third kappa shape index (κ3) is 3.00. The molecule has 0 unspecified atom stereocenters. The number of benzene rings is 2. The Morgan fingerprint density at radius 1 is 1.03 bits per heavy atom. The molecule has 0 fully saturated rings. The van der Waals surface area contributed by atoms with Crippen LogP contribution in [0.1, 0.15) is 33.3 Å². The van der Waals surface area contributed by atoms with Gasteiger partial charge in [-0.1, -0.05) is 30.3 Å². The van der Waals surface area contributed by atoms with Crippen LogP contribution in [0.4, 0.5) is 5.69 Å². The number of carbonyl (C=O) groups excluding carboxylic acids is 2. The SMILES string of the molecule is O=C1C(=O)N(CN2N=C(c3cccs3)C[C@@H]2c2ccc(O)cc2)c2ccccc21. The van der Waals surface area contributed by atoms with Crippen molar-refractivity contribution in [2.45, 2.75) is 12.5 Å². The zero-order chi connectivity index (χ0) is 20.0. The van der Waals surface area contributed by atoms with Gasteiger partial charge in [-0.05, 0) is 41.3 Å². The van der Waals surface area contributed by atoms with E-state index in [0.717, 1.165) is 16.2 Å². The number of Topliss-reactive ketones (excluding diaryl/α,β-unsaturated/α-hetero) is 1. The van der Waals surface area contributed by atoms with Crippen LogP contribution in [0.25, 0.3) is 0 Å². The van der Waals surface area contributed by atoms with Gasteiger partial charge in [0.1, 0.15) is 12.4 Å². The molecule has 2 aliphatic rings. The molecule has 0 bridgehead atoms. The molecule has 2 aliphatic heterocycles. The molecule has 5 rings (SSSR count). The summed E-state index contributed by atoms with van der Waals surface area (Å²) in [4.78, 5) is 27.5. The number of para-hydroxylation sites is 1. The molecule has 1 aromatic heterocycles. The number of hydrogen-bond donors (Lipinski definition) is 1. The van der Waals surface area contributed by atoms with E-state index in [2.05, 4.69) is 0 Å². The minimum absolute atomic E-state index is 0.0941. The maximum absolute atomic E-state index is 12.6. The van der Waals surface area contributed by atoms with Crippen molar-refractivity contribution < 1.29 is 14.7 Å². The summed E-state index contributed by atoms with van der Waals surface area (Å²) >= 11 is 1.62. The second-order valence-electron chi connectivity index (χ2n) is 7.00. The molecular formula is C22H17N3O3S. The second kappa shape index (κ2) is 6.86. The summed E-state index contributed by atoms with van der Waals surface area (Å²) in [6.45, 7) is 0.183. The Hall–Kier alpha value is -3.45. The van der Waals surface area contributed by atoms with E-state index in [9.17, 15) is 14.7 Å². The number of thiophene rings is 1. The van der Waals surface area contributed by atoms with Crippen LogP contribution in [0.2, 0.25) is 0 Å². The van der Waals surface area contributed by atoms with Crippen molar-refractivity contribution in [3.05, 3.63) is 82.0 Å². The summed E-state index contributed by atoms with van der Waals surface area (Å²) in [6, 6.07) is 18.0. The number of carbonyl (C=O) groups is 2. The molecular weight excluding hydrogens is 386 g/mol. The first-order valence-electron chi connectivity index (χ1n) is 9.24. The molecule has 0 aliphatic carbocycles. The first-order chi connectivity index (χ1) is 14.1. The first-order valence-corrected chi connectivity index (χ1v) is 10.1. The fourth-order valence-electron chi connectivity index (χ4n) is 3.80. The van der Waals surface area contributed by atoms with E-state index in [1.165, 1.54) is 4.90 Å². The molecule has 0 radical (unpaired) electrons. The number of phenolic OH excluding ortho intramolecular Hbond substituents is 1. The molecule has 0 spiro atoms. The van der Waals surface area contributed by atoms with Crippen molar-refractivity contribution >= 4 is 34.4 Å². The van der Waals surface area contributed by atoms with Gasteiger partial charge in [-0.3, -0.25) is 19.5 Å². The van der Waals surface area contributed by atoms with E-state index in [1.807, 2.05) is 40.7 Å². The van der Waals surface area contributed by atoms with Crippen molar-refractivity contribution in [1.82, 2.24) is 5.01 Å². The highest BCUT2D eigenvalue weighted by atomic mass is 32.1. The highest BCUT2D eigenvalue weighted by molar-refractivity contribution is 7.12. The Kier molecular flexibility index (Phi) is 4.17. The normalized spacial score (nSPS) is 18.3. The Morgan fingerprint density at radius 3 is 2.59 bits per heavy atom. The van der Waals surface area contributed by atoms with Gasteiger partial charge in [-0.15, -0.1) is 11.3 Å². The molecule has 3 aromatic rings. The van der Waals surface area contributed by atoms with Gasteiger partial charge < -0.3 is 5.11 Å². The molecule has 3 heterocycles. The molecule has 6 nitrogen and oxygen atoms in total. The smallest absolute Gasteiger partial charge is 0.301 e. The number of nitrogens with zero attached hydrogens (tertiary/aromatic N) is 3. The Balaban J connectivity index is 1.50. The van der Waals surface area contributed by atoms with Crippen molar-refractivity contribution in [2.75, 3.05) is 11.6 Å².